The van der Waals surface area contributed by atoms with Crippen molar-refractivity contribution in [2.75, 3.05) is 41.0 Å². The van der Waals surface area contributed by atoms with E-state index in [2.05, 4.69) is 74.6 Å². The maximum atomic E-state index is 12.7. The first-order chi connectivity index (χ1) is 29.6. The number of aliphatic carboxylic acids is 1. The van der Waals surface area contributed by atoms with Crippen LogP contribution >= 0.6 is 0 Å². The molecule has 2 atom stereocenters. The van der Waals surface area contributed by atoms with Crippen molar-refractivity contribution in [3.63, 3.8) is 0 Å². The molecule has 0 aliphatic carbocycles. The number of quaternary nitrogens is 1. The number of carboxylic acids is 1. The molecule has 0 saturated heterocycles. The van der Waals surface area contributed by atoms with Gasteiger partial charge in [-0.2, -0.15) is 0 Å². The van der Waals surface area contributed by atoms with E-state index >= 15 is 0 Å². The van der Waals surface area contributed by atoms with Crippen molar-refractivity contribution in [1.82, 2.24) is 0 Å². The Bertz CT molecular complexity index is 1360. The third kappa shape index (κ3) is 41.1. The monoisotopic (exact) mass is 849 g/mol. The molecule has 8 heteroatoms. The van der Waals surface area contributed by atoms with E-state index in [1.165, 1.54) is 38.5 Å². The quantitative estimate of drug-likeness (QED) is 0.0215. The molecule has 0 saturated carbocycles. The predicted octanol–water partition coefficient (Wildman–Crippen LogP) is 13.2. The summed E-state index contributed by atoms with van der Waals surface area (Å²) in [5.74, 6) is -1.55. The third-order valence-corrected chi connectivity index (χ3v) is 9.80. The first kappa shape index (κ1) is 57.0. The highest BCUT2D eigenvalue weighted by molar-refractivity contribution is 5.72. The number of hydrogen-bond donors (Lipinski definition) is 1. The maximum absolute atomic E-state index is 12.7. The van der Waals surface area contributed by atoms with E-state index in [-0.39, 0.29) is 42.7 Å². The summed E-state index contributed by atoms with van der Waals surface area (Å²) in [6.07, 6.45) is 58.5. The molecular weight excluding hydrogens is 763 g/mol. The summed E-state index contributed by atoms with van der Waals surface area (Å²) in [7, 11) is 5.50. The molecule has 0 aliphatic rings. The van der Waals surface area contributed by atoms with Gasteiger partial charge in [-0.25, -0.2) is 4.79 Å². The second-order valence-corrected chi connectivity index (χ2v) is 16.4. The molecule has 0 spiro atoms. The molecule has 8 nitrogen and oxygen atoms in total. The van der Waals surface area contributed by atoms with Gasteiger partial charge in [0, 0.05) is 19.3 Å². The fourth-order valence-electron chi connectivity index (χ4n) is 6.22. The Hall–Kier alpha value is -4.01. The van der Waals surface area contributed by atoms with Gasteiger partial charge in [-0.3, -0.25) is 9.59 Å². The lowest BCUT2D eigenvalue weighted by Crippen LogP contribution is -2.50. The number of esters is 2. The largest absolute Gasteiger partial charge is 0.477 e. The van der Waals surface area contributed by atoms with Gasteiger partial charge in [0.15, 0.2) is 12.1 Å². The zero-order chi connectivity index (χ0) is 44.9. The fourth-order valence-corrected chi connectivity index (χ4v) is 6.22. The van der Waals surface area contributed by atoms with Crippen LogP contribution in [0.2, 0.25) is 0 Å². The van der Waals surface area contributed by atoms with Crippen molar-refractivity contribution in [3.8, 4) is 0 Å². The van der Waals surface area contributed by atoms with Gasteiger partial charge in [0.2, 0.25) is 0 Å². The minimum atomic E-state index is -0.888. The Morgan fingerprint density at radius 3 is 1.49 bits per heavy atom. The Morgan fingerprint density at radius 1 is 0.508 bits per heavy atom. The Labute approximate surface area is 372 Å². The molecule has 0 aliphatic heterocycles. The number of hydrogen-bond acceptors (Lipinski definition) is 6. The topological polar surface area (TPSA) is 99.1 Å². The summed E-state index contributed by atoms with van der Waals surface area (Å²) in [4.78, 5) is 37.1. The molecule has 0 aromatic carbocycles. The van der Waals surface area contributed by atoms with Crippen LogP contribution in [0.25, 0.3) is 0 Å². The molecule has 0 amide bonds. The van der Waals surface area contributed by atoms with Crippen molar-refractivity contribution >= 4 is 17.9 Å². The molecule has 61 heavy (non-hydrogen) atoms. The number of unbranched alkanes of at least 4 members (excludes halogenated alkanes) is 12. The summed E-state index contributed by atoms with van der Waals surface area (Å²) >= 11 is 0. The molecule has 2 unspecified atom stereocenters. The van der Waals surface area contributed by atoms with E-state index in [4.69, 9.17) is 14.2 Å². The minimum absolute atomic E-state index is 0.0344. The number of nitrogens with zero attached hydrogens (tertiary/aromatic N) is 1. The lowest BCUT2D eigenvalue weighted by molar-refractivity contribution is -0.887. The van der Waals surface area contributed by atoms with Crippen molar-refractivity contribution in [2.45, 2.75) is 167 Å². The highest BCUT2D eigenvalue weighted by Crippen LogP contribution is 2.14. The summed E-state index contributed by atoms with van der Waals surface area (Å²) in [6.45, 7) is 4.41. The second kappa shape index (κ2) is 42.7. The second-order valence-electron chi connectivity index (χ2n) is 16.4. The standard InChI is InChI=1S/C53H85NO7/c1-6-8-10-12-14-16-18-20-22-23-24-25-26-27-28-30-31-33-35-37-39-41-43-51(55)60-48-49(47-59-46-45-50(53(57)58)54(3,4)5)61-52(56)44-42-40-38-36-34-32-29-21-19-17-15-13-11-9-7-2/h8-11,13-17,19-22,24-25,29,32,34,49-50H,6-7,12,18,23,26-28,30-31,33,35-48H2,1-5H3/p+1/b10-8+,11-9+,15-13+,16-14+,19-17+,22-20+,25-24+,29-21+,34-32+. The van der Waals surface area contributed by atoms with Crippen molar-refractivity contribution < 1.29 is 38.2 Å². The summed E-state index contributed by atoms with van der Waals surface area (Å²) in [5, 5.41) is 9.63. The summed E-state index contributed by atoms with van der Waals surface area (Å²) in [6, 6.07) is -0.631. The smallest absolute Gasteiger partial charge is 0.362 e. The number of rotatable bonds is 40. The third-order valence-electron chi connectivity index (χ3n) is 9.80. The Morgan fingerprint density at radius 2 is 0.951 bits per heavy atom. The van der Waals surface area contributed by atoms with E-state index in [9.17, 15) is 19.5 Å². The molecule has 0 fully saturated rings. The Balaban J connectivity index is 4.36. The maximum Gasteiger partial charge on any atom is 0.362 e. The number of allylic oxidation sites excluding steroid dienone is 18. The Kier molecular flexibility index (Phi) is 39.9. The predicted molar refractivity (Wildman–Crippen MR) is 256 cm³/mol. The zero-order valence-electron chi connectivity index (χ0n) is 39.1. The van der Waals surface area contributed by atoms with Crippen LogP contribution in [0.1, 0.15) is 155 Å². The van der Waals surface area contributed by atoms with Gasteiger partial charge in [0.25, 0.3) is 0 Å². The summed E-state index contributed by atoms with van der Waals surface area (Å²) in [5.41, 5.74) is 0. The molecule has 344 valence electrons. The van der Waals surface area contributed by atoms with Gasteiger partial charge in [0.05, 0.1) is 34.4 Å². The first-order valence-electron chi connectivity index (χ1n) is 23.5. The number of ether oxygens (including phenoxy) is 3. The fraction of sp³-hybridized carbons (Fsp3) is 0.604. The van der Waals surface area contributed by atoms with E-state index in [0.717, 1.165) is 77.0 Å². The molecular formula is C53H86NO7+. The van der Waals surface area contributed by atoms with E-state index < -0.39 is 18.1 Å². The van der Waals surface area contributed by atoms with Crippen molar-refractivity contribution in [1.29, 1.82) is 0 Å². The highest BCUT2D eigenvalue weighted by atomic mass is 16.6. The molecule has 0 rings (SSSR count). The van der Waals surface area contributed by atoms with Crippen LogP contribution in [-0.4, -0.2) is 80.6 Å². The number of carboxylic acid groups (broad SMARTS) is 1. The molecule has 0 aromatic rings. The molecule has 1 N–H and O–H groups in total. The van der Waals surface area contributed by atoms with Crippen LogP contribution in [0.5, 0.6) is 0 Å². The minimum Gasteiger partial charge on any atom is -0.477 e. The molecule has 0 bridgehead atoms. The summed E-state index contributed by atoms with van der Waals surface area (Å²) < 4.78 is 17.2. The van der Waals surface area contributed by atoms with Gasteiger partial charge in [-0.15, -0.1) is 0 Å². The van der Waals surface area contributed by atoms with Crippen LogP contribution in [0.15, 0.2) is 109 Å². The van der Waals surface area contributed by atoms with Crippen molar-refractivity contribution in [2.24, 2.45) is 0 Å². The number of carbonyl (C=O) groups excluding carboxylic acids is 2. The molecule has 0 heterocycles. The molecule has 0 aromatic heterocycles. The van der Waals surface area contributed by atoms with Gasteiger partial charge >= 0.3 is 17.9 Å². The average molecular weight is 849 g/mol. The average Bonchev–Trinajstić information content (AvgIpc) is 3.22. The van der Waals surface area contributed by atoms with Crippen LogP contribution < -0.4 is 0 Å². The molecule has 0 radical (unpaired) electrons. The van der Waals surface area contributed by atoms with Gasteiger partial charge in [-0.05, 0) is 70.6 Å². The van der Waals surface area contributed by atoms with Gasteiger partial charge < -0.3 is 23.8 Å². The normalized spacial score (nSPS) is 13.9. The van der Waals surface area contributed by atoms with Crippen LogP contribution in [0, 0.1) is 0 Å². The van der Waals surface area contributed by atoms with Gasteiger partial charge in [0.1, 0.15) is 6.61 Å². The van der Waals surface area contributed by atoms with Crippen LogP contribution in [-0.2, 0) is 28.6 Å². The number of likely N-dealkylation sites (N-methyl/N-ethyl adjacent to an activating group) is 1. The zero-order valence-corrected chi connectivity index (χ0v) is 39.1. The lowest BCUT2D eigenvalue weighted by atomic mass is 10.1. The van der Waals surface area contributed by atoms with E-state index in [1.807, 2.05) is 69.8 Å². The van der Waals surface area contributed by atoms with Crippen LogP contribution in [0.4, 0.5) is 0 Å². The SMILES string of the molecule is CC/C=C/C=C/C=C/C=C/C=C/CCCCCC(=O)OC(COCCC(C(=O)O)[N+](C)(C)C)COC(=O)CCCCCCCCCCC/C=C/C/C=C/C/C=C/C/C=C/CC. The van der Waals surface area contributed by atoms with E-state index in [0.29, 0.717) is 19.3 Å². The lowest BCUT2D eigenvalue weighted by Gasteiger charge is -2.31. The van der Waals surface area contributed by atoms with Gasteiger partial charge in [-0.1, -0.05) is 175 Å². The van der Waals surface area contributed by atoms with Crippen molar-refractivity contribution in [3.05, 3.63) is 109 Å². The number of carbonyl (C=O) groups is 3. The van der Waals surface area contributed by atoms with E-state index in [1.54, 1.807) is 0 Å². The highest BCUT2D eigenvalue weighted by Gasteiger charge is 2.31. The first-order valence-corrected chi connectivity index (χ1v) is 23.5. The van der Waals surface area contributed by atoms with Crippen LogP contribution in [0.3, 0.4) is 0 Å².